The first kappa shape index (κ1) is 12.6. The van der Waals surface area contributed by atoms with Crippen LogP contribution in [-0.2, 0) is 30.2 Å². The van der Waals surface area contributed by atoms with Gasteiger partial charge in [-0.3, -0.25) is 0 Å². The van der Waals surface area contributed by atoms with Gasteiger partial charge in [0, 0.05) is 20.1 Å². The van der Waals surface area contributed by atoms with Crippen molar-refractivity contribution < 1.29 is 8.42 Å². The first-order valence-corrected chi connectivity index (χ1v) is 7.35. The maximum Gasteiger partial charge on any atom is 0.264 e. The van der Waals surface area contributed by atoms with E-state index in [4.69, 9.17) is 11.6 Å². The van der Waals surface area contributed by atoms with Crippen LogP contribution < -0.4 is 0 Å². The van der Waals surface area contributed by atoms with Gasteiger partial charge in [-0.05, 0) is 0 Å². The Labute approximate surface area is 114 Å². The maximum atomic E-state index is 12.5. The van der Waals surface area contributed by atoms with E-state index < -0.39 is 10.0 Å². The fourth-order valence-corrected chi connectivity index (χ4v) is 3.71. The fraction of sp³-hybridized carbons (Fsp3) is 0.444. The van der Waals surface area contributed by atoms with Crippen LogP contribution in [0.15, 0.2) is 17.7 Å². The van der Waals surface area contributed by atoms with E-state index in [0.717, 1.165) is 0 Å². The van der Waals surface area contributed by atoms with Crippen LogP contribution in [0.2, 0.25) is 5.15 Å². The van der Waals surface area contributed by atoms with Crippen LogP contribution >= 0.6 is 11.6 Å². The average molecular weight is 303 g/mol. The highest BCUT2D eigenvalue weighted by molar-refractivity contribution is 7.89. The number of aryl methyl sites for hydroxylation is 1. The topological polar surface area (TPSA) is 85.9 Å². The second-order valence-corrected chi connectivity index (χ2v) is 6.44. The Bertz CT molecular complexity index is 721. The van der Waals surface area contributed by atoms with Gasteiger partial charge >= 0.3 is 0 Å². The standard InChI is InChI=1S/C9H11ClN6O2S/c1-14-5-11-9(8(14)10)19(17,18)16-3-2-15-6-12-13-7(15)4-16/h5-6H,2-4H2,1H3. The van der Waals surface area contributed by atoms with Crippen LogP contribution in [0.1, 0.15) is 5.82 Å². The number of halogens is 1. The molecule has 10 heteroatoms. The minimum atomic E-state index is -3.70. The number of hydrogen-bond acceptors (Lipinski definition) is 5. The highest BCUT2D eigenvalue weighted by Crippen LogP contribution is 2.24. The van der Waals surface area contributed by atoms with E-state index in [1.54, 1.807) is 13.4 Å². The number of sulfonamides is 1. The number of nitrogens with zero attached hydrogens (tertiary/aromatic N) is 6. The molecule has 102 valence electrons. The third-order valence-corrected chi connectivity index (χ3v) is 5.36. The number of hydrogen-bond donors (Lipinski definition) is 0. The van der Waals surface area contributed by atoms with Crippen LogP contribution in [0, 0.1) is 0 Å². The van der Waals surface area contributed by atoms with Crippen molar-refractivity contribution in [1.29, 1.82) is 0 Å². The predicted octanol–water partition coefficient (Wildman–Crippen LogP) is -0.131. The summed E-state index contributed by atoms with van der Waals surface area (Å²) in [7, 11) is -2.06. The lowest BCUT2D eigenvalue weighted by atomic mass is 10.4. The van der Waals surface area contributed by atoms with Crippen molar-refractivity contribution in [2.45, 2.75) is 18.1 Å². The van der Waals surface area contributed by atoms with Gasteiger partial charge in [0.2, 0.25) is 5.03 Å². The Morgan fingerprint density at radius 3 is 2.79 bits per heavy atom. The maximum absolute atomic E-state index is 12.5. The van der Waals surface area contributed by atoms with Crippen LogP contribution in [0.4, 0.5) is 0 Å². The molecule has 0 unspecified atom stereocenters. The van der Waals surface area contributed by atoms with Gasteiger partial charge in [-0.1, -0.05) is 11.6 Å². The predicted molar refractivity (Wildman–Crippen MR) is 65.8 cm³/mol. The first-order chi connectivity index (χ1) is 9.00. The van der Waals surface area contributed by atoms with Crippen molar-refractivity contribution in [2.75, 3.05) is 6.54 Å². The van der Waals surface area contributed by atoms with Crippen LogP contribution in [-0.4, -0.2) is 43.6 Å². The third-order valence-electron chi connectivity index (χ3n) is 3.02. The lowest BCUT2D eigenvalue weighted by molar-refractivity contribution is 0.334. The molecule has 0 bridgehead atoms. The van der Waals surface area contributed by atoms with Crippen molar-refractivity contribution in [3.63, 3.8) is 0 Å². The Balaban J connectivity index is 1.97. The van der Waals surface area contributed by atoms with Crippen LogP contribution in [0.5, 0.6) is 0 Å². The van der Waals surface area contributed by atoms with Crippen molar-refractivity contribution >= 4 is 21.6 Å². The number of aromatic nitrogens is 5. The fourth-order valence-electron chi connectivity index (χ4n) is 1.94. The van der Waals surface area contributed by atoms with E-state index in [1.807, 2.05) is 4.57 Å². The van der Waals surface area contributed by atoms with Gasteiger partial charge in [-0.2, -0.15) is 4.31 Å². The summed E-state index contributed by atoms with van der Waals surface area (Å²) in [5, 5.41) is 7.63. The van der Waals surface area contributed by atoms with Gasteiger partial charge in [0.25, 0.3) is 10.0 Å². The summed E-state index contributed by atoms with van der Waals surface area (Å²) in [5.74, 6) is 0.613. The molecular weight excluding hydrogens is 292 g/mol. The van der Waals surface area contributed by atoms with Gasteiger partial charge in [0.15, 0.2) is 0 Å². The Kier molecular flexibility index (Phi) is 2.84. The summed E-state index contributed by atoms with van der Waals surface area (Å²) in [6.45, 7) is 1.04. The molecule has 0 spiro atoms. The molecule has 19 heavy (non-hydrogen) atoms. The number of imidazole rings is 1. The molecule has 8 nitrogen and oxygen atoms in total. The molecule has 0 fully saturated rings. The summed E-state index contributed by atoms with van der Waals surface area (Å²) in [6, 6.07) is 0. The molecule has 1 aliphatic heterocycles. The molecular formula is C9H11ClN6O2S. The Morgan fingerprint density at radius 1 is 1.32 bits per heavy atom. The summed E-state index contributed by atoms with van der Waals surface area (Å²) in [5.41, 5.74) is 0. The molecule has 0 atom stereocenters. The average Bonchev–Trinajstić information content (AvgIpc) is 2.96. The molecule has 3 heterocycles. The van der Waals surface area contributed by atoms with E-state index in [-0.39, 0.29) is 16.7 Å². The van der Waals surface area contributed by atoms with Crippen molar-refractivity contribution in [3.05, 3.63) is 23.6 Å². The summed E-state index contributed by atoms with van der Waals surface area (Å²) in [6.07, 6.45) is 2.97. The molecule has 0 N–H and O–H groups in total. The molecule has 0 aliphatic carbocycles. The molecule has 0 radical (unpaired) electrons. The van der Waals surface area contributed by atoms with E-state index in [9.17, 15) is 8.42 Å². The smallest absolute Gasteiger partial charge is 0.264 e. The number of fused-ring (bicyclic) bond motifs is 1. The van der Waals surface area contributed by atoms with Crippen molar-refractivity contribution in [1.82, 2.24) is 28.6 Å². The molecule has 0 saturated heterocycles. The zero-order chi connectivity index (χ0) is 13.6. The Hall–Kier alpha value is -1.45. The molecule has 0 aromatic carbocycles. The third kappa shape index (κ3) is 1.94. The highest BCUT2D eigenvalue weighted by Gasteiger charge is 2.33. The van der Waals surface area contributed by atoms with Crippen LogP contribution in [0.25, 0.3) is 0 Å². The summed E-state index contributed by atoms with van der Waals surface area (Å²) < 4.78 is 29.5. The second-order valence-electron chi connectivity index (χ2n) is 4.23. The largest absolute Gasteiger partial charge is 0.324 e. The molecule has 3 rings (SSSR count). The van der Waals surface area contributed by atoms with Crippen molar-refractivity contribution in [3.8, 4) is 0 Å². The summed E-state index contributed by atoms with van der Waals surface area (Å²) >= 11 is 5.95. The van der Waals surface area contributed by atoms with E-state index in [0.29, 0.717) is 18.9 Å². The SMILES string of the molecule is Cn1cnc(S(=O)(=O)N2CCn3cnnc3C2)c1Cl. The highest BCUT2D eigenvalue weighted by atomic mass is 35.5. The van der Waals surface area contributed by atoms with Crippen molar-refractivity contribution in [2.24, 2.45) is 7.05 Å². The molecule has 1 aliphatic rings. The lowest BCUT2D eigenvalue weighted by Crippen LogP contribution is -2.38. The quantitative estimate of drug-likeness (QED) is 0.771. The van der Waals surface area contributed by atoms with Gasteiger partial charge in [-0.15, -0.1) is 10.2 Å². The lowest BCUT2D eigenvalue weighted by Gasteiger charge is -2.25. The molecule has 2 aromatic heterocycles. The zero-order valence-corrected chi connectivity index (χ0v) is 11.6. The number of rotatable bonds is 2. The van der Waals surface area contributed by atoms with Crippen LogP contribution in [0.3, 0.4) is 0 Å². The zero-order valence-electron chi connectivity index (χ0n) is 10.1. The summed E-state index contributed by atoms with van der Waals surface area (Å²) in [4.78, 5) is 3.86. The Morgan fingerprint density at radius 2 is 2.11 bits per heavy atom. The van der Waals surface area contributed by atoms with E-state index in [2.05, 4.69) is 15.2 Å². The molecule has 2 aromatic rings. The first-order valence-electron chi connectivity index (χ1n) is 5.54. The minimum absolute atomic E-state index is 0.104. The minimum Gasteiger partial charge on any atom is -0.324 e. The van der Waals surface area contributed by atoms with E-state index in [1.165, 1.54) is 15.2 Å². The monoisotopic (exact) mass is 302 g/mol. The second kappa shape index (κ2) is 4.29. The van der Waals surface area contributed by atoms with Gasteiger partial charge in [0.05, 0.1) is 12.9 Å². The normalized spacial score (nSPS) is 16.5. The van der Waals surface area contributed by atoms with E-state index >= 15 is 0 Å². The van der Waals surface area contributed by atoms with Gasteiger partial charge in [-0.25, -0.2) is 13.4 Å². The van der Waals surface area contributed by atoms with Gasteiger partial charge in [0.1, 0.15) is 17.3 Å². The molecule has 0 saturated carbocycles. The van der Waals surface area contributed by atoms with Gasteiger partial charge < -0.3 is 9.13 Å². The molecule has 0 amide bonds.